The van der Waals surface area contributed by atoms with Gasteiger partial charge in [-0.1, -0.05) is 11.6 Å². The van der Waals surface area contributed by atoms with E-state index < -0.39 is 5.97 Å². The number of hydrogen-bond donors (Lipinski definition) is 2. The van der Waals surface area contributed by atoms with Crippen molar-refractivity contribution in [3.63, 3.8) is 0 Å². The Hall–Kier alpha value is -2.47. The van der Waals surface area contributed by atoms with Crippen LogP contribution in [0.15, 0.2) is 30.5 Å². The molecule has 1 heterocycles. The number of benzene rings is 1. The Labute approximate surface area is 126 Å². The summed E-state index contributed by atoms with van der Waals surface area (Å²) in [5, 5.41) is 3.45. The Kier molecular flexibility index (Phi) is 4.49. The van der Waals surface area contributed by atoms with Crippen LogP contribution in [0.2, 0.25) is 5.02 Å². The van der Waals surface area contributed by atoms with Crippen molar-refractivity contribution in [3.05, 3.63) is 41.0 Å². The summed E-state index contributed by atoms with van der Waals surface area (Å²) in [6, 6.07) is 6.64. The molecule has 0 aliphatic rings. The standard InChI is InChI=1S/C14H14ClN3O3/c1-20-11-4-3-8(7-10(11)15)18-13-12(16)9(5-6-17-13)14(19)21-2/h3-7H,16H2,1-2H3,(H,17,18). The second-order valence-electron chi connectivity index (χ2n) is 4.09. The number of nitrogen functional groups attached to an aromatic ring is 1. The van der Waals surface area contributed by atoms with Crippen molar-refractivity contribution >= 4 is 34.8 Å². The molecular formula is C14H14ClN3O3. The van der Waals surface area contributed by atoms with E-state index in [0.29, 0.717) is 22.3 Å². The monoisotopic (exact) mass is 307 g/mol. The highest BCUT2D eigenvalue weighted by molar-refractivity contribution is 6.32. The van der Waals surface area contributed by atoms with E-state index in [-0.39, 0.29) is 11.3 Å². The largest absolute Gasteiger partial charge is 0.495 e. The van der Waals surface area contributed by atoms with Crippen molar-refractivity contribution < 1.29 is 14.3 Å². The second-order valence-corrected chi connectivity index (χ2v) is 4.49. The summed E-state index contributed by atoms with van der Waals surface area (Å²) in [4.78, 5) is 15.7. The van der Waals surface area contributed by atoms with Crippen LogP contribution >= 0.6 is 11.6 Å². The molecule has 0 radical (unpaired) electrons. The highest BCUT2D eigenvalue weighted by Gasteiger charge is 2.14. The van der Waals surface area contributed by atoms with Crippen LogP contribution in [0.4, 0.5) is 17.2 Å². The number of esters is 1. The van der Waals surface area contributed by atoms with E-state index in [1.54, 1.807) is 18.2 Å². The highest BCUT2D eigenvalue weighted by Crippen LogP contribution is 2.30. The van der Waals surface area contributed by atoms with Crippen molar-refractivity contribution in [1.82, 2.24) is 4.98 Å². The molecule has 0 aliphatic carbocycles. The minimum absolute atomic E-state index is 0.205. The minimum Gasteiger partial charge on any atom is -0.495 e. The molecule has 1 aromatic heterocycles. The summed E-state index contributed by atoms with van der Waals surface area (Å²) in [5.74, 6) is 0.385. The van der Waals surface area contributed by atoms with E-state index in [9.17, 15) is 4.79 Å². The fraction of sp³-hybridized carbons (Fsp3) is 0.143. The summed E-state index contributed by atoms with van der Waals surface area (Å²) in [5.41, 5.74) is 7.04. The van der Waals surface area contributed by atoms with Crippen LogP contribution < -0.4 is 15.8 Å². The highest BCUT2D eigenvalue weighted by atomic mass is 35.5. The average molecular weight is 308 g/mol. The van der Waals surface area contributed by atoms with Gasteiger partial charge in [0.1, 0.15) is 5.75 Å². The van der Waals surface area contributed by atoms with Gasteiger partial charge >= 0.3 is 5.97 Å². The van der Waals surface area contributed by atoms with Gasteiger partial charge in [0.15, 0.2) is 5.82 Å². The summed E-state index contributed by atoms with van der Waals surface area (Å²) in [6.07, 6.45) is 1.47. The normalized spacial score (nSPS) is 10.0. The number of nitrogens with two attached hydrogens (primary N) is 1. The molecular weight excluding hydrogens is 294 g/mol. The maximum Gasteiger partial charge on any atom is 0.340 e. The molecule has 7 heteroatoms. The van der Waals surface area contributed by atoms with E-state index in [1.165, 1.54) is 26.5 Å². The summed E-state index contributed by atoms with van der Waals surface area (Å²) in [7, 11) is 2.83. The molecule has 0 aliphatic heterocycles. The van der Waals surface area contributed by atoms with Crippen LogP contribution in [0.5, 0.6) is 5.75 Å². The summed E-state index contributed by atoms with van der Waals surface area (Å²) in [6.45, 7) is 0. The molecule has 0 bridgehead atoms. The molecule has 21 heavy (non-hydrogen) atoms. The summed E-state index contributed by atoms with van der Waals surface area (Å²) < 4.78 is 9.74. The quantitative estimate of drug-likeness (QED) is 0.845. The molecule has 3 N–H and O–H groups in total. The van der Waals surface area contributed by atoms with Crippen LogP contribution in [0.3, 0.4) is 0 Å². The number of hydrogen-bond acceptors (Lipinski definition) is 6. The van der Waals surface area contributed by atoms with Crippen LogP contribution in [0.1, 0.15) is 10.4 Å². The fourth-order valence-electron chi connectivity index (χ4n) is 1.74. The summed E-state index contributed by atoms with van der Waals surface area (Å²) >= 11 is 6.05. The van der Waals surface area contributed by atoms with Crippen LogP contribution in [0.25, 0.3) is 0 Å². The number of aromatic nitrogens is 1. The molecule has 0 atom stereocenters. The van der Waals surface area contributed by atoms with Crippen molar-refractivity contribution in [3.8, 4) is 5.75 Å². The molecule has 1 aromatic carbocycles. The third-order valence-electron chi connectivity index (χ3n) is 2.81. The Morgan fingerprint density at radius 1 is 1.33 bits per heavy atom. The van der Waals surface area contributed by atoms with Crippen molar-refractivity contribution in [2.24, 2.45) is 0 Å². The lowest BCUT2D eigenvalue weighted by molar-refractivity contribution is 0.0602. The molecule has 2 rings (SSSR count). The molecule has 0 fully saturated rings. The Morgan fingerprint density at radius 2 is 2.10 bits per heavy atom. The van der Waals surface area contributed by atoms with E-state index >= 15 is 0 Å². The number of carbonyl (C=O) groups is 1. The minimum atomic E-state index is -0.522. The first kappa shape index (κ1) is 14.9. The lowest BCUT2D eigenvalue weighted by Crippen LogP contribution is -2.09. The fourth-order valence-corrected chi connectivity index (χ4v) is 2.00. The van der Waals surface area contributed by atoms with E-state index in [1.807, 2.05) is 0 Å². The van der Waals surface area contributed by atoms with Crippen molar-refractivity contribution in [2.45, 2.75) is 0 Å². The number of ether oxygens (including phenoxy) is 2. The number of rotatable bonds is 4. The third kappa shape index (κ3) is 3.17. The zero-order chi connectivity index (χ0) is 15.4. The van der Waals surface area contributed by atoms with Gasteiger partial charge in [-0.3, -0.25) is 0 Å². The maximum atomic E-state index is 11.6. The van der Waals surface area contributed by atoms with E-state index in [4.69, 9.17) is 22.1 Å². The van der Waals surface area contributed by atoms with Gasteiger partial charge < -0.3 is 20.5 Å². The van der Waals surface area contributed by atoms with Gasteiger partial charge in [-0.05, 0) is 24.3 Å². The number of methoxy groups -OCH3 is 2. The molecule has 0 saturated carbocycles. The van der Waals surface area contributed by atoms with E-state index in [2.05, 4.69) is 15.0 Å². The predicted molar refractivity (Wildman–Crippen MR) is 81.3 cm³/mol. The number of carbonyl (C=O) groups excluding carboxylic acids is 1. The topological polar surface area (TPSA) is 86.5 Å². The lowest BCUT2D eigenvalue weighted by Gasteiger charge is -2.12. The van der Waals surface area contributed by atoms with Gasteiger partial charge in [-0.2, -0.15) is 0 Å². The zero-order valence-corrected chi connectivity index (χ0v) is 12.3. The van der Waals surface area contributed by atoms with Gasteiger partial charge in [-0.25, -0.2) is 9.78 Å². The lowest BCUT2D eigenvalue weighted by atomic mass is 10.2. The van der Waals surface area contributed by atoms with Gasteiger partial charge in [0.2, 0.25) is 0 Å². The van der Waals surface area contributed by atoms with Crippen LogP contribution in [0, 0.1) is 0 Å². The Morgan fingerprint density at radius 3 is 2.71 bits per heavy atom. The molecule has 0 amide bonds. The molecule has 2 aromatic rings. The number of anilines is 3. The smallest absolute Gasteiger partial charge is 0.340 e. The maximum absolute atomic E-state index is 11.6. The number of nitrogens with zero attached hydrogens (tertiary/aromatic N) is 1. The zero-order valence-electron chi connectivity index (χ0n) is 11.5. The van der Waals surface area contributed by atoms with Gasteiger partial charge in [0, 0.05) is 11.9 Å². The number of nitrogens with one attached hydrogen (secondary N) is 1. The predicted octanol–water partition coefficient (Wildman–Crippen LogP) is 2.86. The van der Waals surface area contributed by atoms with Crippen molar-refractivity contribution in [1.29, 1.82) is 0 Å². The van der Waals surface area contributed by atoms with Gasteiger partial charge in [0.25, 0.3) is 0 Å². The van der Waals surface area contributed by atoms with Gasteiger partial charge in [0.05, 0.1) is 30.5 Å². The number of halogens is 1. The first-order chi connectivity index (χ1) is 10.1. The van der Waals surface area contributed by atoms with E-state index in [0.717, 1.165) is 0 Å². The SMILES string of the molecule is COC(=O)c1ccnc(Nc2ccc(OC)c(Cl)c2)c1N. The molecule has 6 nitrogen and oxygen atoms in total. The molecule has 0 spiro atoms. The Balaban J connectivity index is 2.32. The van der Waals surface area contributed by atoms with Gasteiger partial charge in [-0.15, -0.1) is 0 Å². The second kappa shape index (κ2) is 6.32. The molecule has 110 valence electrons. The number of pyridine rings is 1. The first-order valence-electron chi connectivity index (χ1n) is 6.00. The van der Waals surface area contributed by atoms with Crippen LogP contribution in [-0.4, -0.2) is 25.2 Å². The Bertz CT molecular complexity index is 677. The van der Waals surface area contributed by atoms with Crippen LogP contribution in [-0.2, 0) is 4.74 Å². The molecule has 0 saturated heterocycles. The third-order valence-corrected chi connectivity index (χ3v) is 3.11. The average Bonchev–Trinajstić information content (AvgIpc) is 2.49. The molecule has 0 unspecified atom stereocenters. The van der Waals surface area contributed by atoms with Crippen molar-refractivity contribution in [2.75, 3.05) is 25.3 Å². The first-order valence-corrected chi connectivity index (χ1v) is 6.38.